The third-order valence-corrected chi connectivity index (χ3v) is 6.96. The molecule has 1 aromatic carbocycles. The summed E-state index contributed by atoms with van der Waals surface area (Å²) in [6.45, 7) is 5.74. The van der Waals surface area contributed by atoms with E-state index in [2.05, 4.69) is 5.32 Å². The quantitative estimate of drug-likeness (QED) is 0.356. The third-order valence-electron chi connectivity index (χ3n) is 5.36. The number of thiophene rings is 1. The summed E-state index contributed by atoms with van der Waals surface area (Å²) in [5.41, 5.74) is 1.82. The molecule has 0 aliphatic rings. The molecule has 34 heavy (non-hydrogen) atoms. The van der Waals surface area contributed by atoms with Crippen molar-refractivity contribution in [3.05, 3.63) is 79.5 Å². The number of hydrogen-bond donors (Lipinski definition) is 2. The fourth-order valence-electron chi connectivity index (χ4n) is 3.73. The third kappa shape index (κ3) is 6.29. The lowest BCUT2D eigenvalue weighted by Gasteiger charge is -2.24. The molecule has 0 aliphatic carbocycles. The Morgan fingerprint density at radius 3 is 2.41 bits per heavy atom. The molecular weight excluding hydrogens is 495 g/mol. The lowest BCUT2D eigenvalue weighted by Crippen LogP contribution is -2.40. The predicted molar refractivity (Wildman–Crippen MR) is 137 cm³/mol. The van der Waals surface area contributed by atoms with Crippen LogP contribution in [0, 0.1) is 12.8 Å². The van der Waals surface area contributed by atoms with Gasteiger partial charge in [-0.15, -0.1) is 11.3 Å². The number of halogens is 2. The Kier molecular flexibility index (Phi) is 8.57. The van der Waals surface area contributed by atoms with Crippen LogP contribution >= 0.6 is 34.5 Å². The molecule has 3 aromatic rings. The Morgan fingerprint density at radius 1 is 1.15 bits per heavy atom. The van der Waals surface area contributed by atoms with Crippen LogP contribution in [0.3, 0.4) is 0 Å². The first-order valence-electron chi connectivity index (χ1n) is 10.8. The van der Waals surface area contributed by atoms with Crippen LogP contribution in [0.2, 0.25) is 10.0 Å². The van der Waals surface area contributed by atoms with E-state index in [1.54, 1.807) is 41.9 Å². The average Bonchev–Trinajstić information content (AvgIpc) is 3.21. The number of amides is 1. The summed E-state index contributed by atoms with van der Waals surface area (Å²) < 4.78 is 1.41. The number of nitrogens with one attached hydrogen (secondary N) is 1. The van der Waals surface area contributed by atoms with E-state index in [0.717, 1.165) is 10.4 Å². The number of aromatic nitrogens is 1. The van der Waals surface area contributed by atoms with Gasteiger partial charge in [0.05, 0.1) is 22.5 Å². The van der Waals surface area contributed by atoms with Crippen LogP contribution in [-0.2, 0) is 9.59 Å². The van der Waals surface area contributed by atoms with Gasteiger partial charge in [0.2, 0.25) is 5.91 Å². The number of nitrogens with zero attached hydrogens (tertiary/aromatic N) is 1. The zero-order chi connectivity index (χ0) is 25.0. The van der Waals surface area contributed by atoms with Crippen molar-refractivity contribution in [1.29, 1.82) is 0 Å². The molecule has 2 N–H and O–H groups in total. The highest BCUT2D eigenvalue weighted by Gasteiger charge is 2.27. The fraction of sp³-hybridized carbons (Fsp3) is 0.320. The molecule has 2 heterocycles. The number of carboxylic acids is 1. The van der Waals surface area contributed by atoms with Gasteiger partial charge in [-0.2, -0.15) is 0 Å². The van der Waals surface area contributed by atoms with Crippen LogP contribution in [0.15, 0.2) is 52.8 Å². The van der Waals surface area contributed by atoms with Crippen molar-refractivity contribution in [2.24, 2.45) is 5.92 Å². The maximum Gasteiger partial charge on any atom is 0.305 e. The van der Waals surface area contributed by atoms with E-state index >= 15 is 0 Å². The second-order valence-electron chi connectivity index (χ2n) is 8.59. The minimum absolute atomic E-state index is 0.136. The van der Waals surface area contributed by atoms with Gasteiger partial charge in [0.15, 0.2) is 0 Å². The van der Waals surface area contributed by atoms with Gasteiger partial charge in [-0.3, -0.25) is 14.4 Å². The molecule has 0 saturated carbocycles. The number of aliphatic carboxylic acids is 1. The van der Waals surface area contributed by atoms with Gasteiger partial charge in [0.1, 0.15) is 6.04 Å². The molecule has 0 saturated heterocycles. The smallest absolute Gasteiger partial charge is 0.305 e. The summed E-state index contributed by atoms with van der Waals surface area (Å²) in [5, 5.41) is 15.1. The Hall–Kier alpha value is -2.61. The number of hydrogen-bond acceptors (Lipinski definition) is 4. The largest absolute Gasteiger partial charge is 0.481 e. The van der Waals surface area contributed by atoms with Crippen molar-refractivity contribution in [1.82, 2.24) is 9.88 Å². The molecule has 0 bridgehead atoms. The number of carbonyl (C=O) groups excluding carboxylic acids is 1. The van der Waals surface area contributed by atoms with Gasteiger partial charge in [0, 0.05) is 22.7 Å². The van der Waals surface area contributed by atoms with Crippen molar-refractivity contribution in [2.75, 3.05) is 0 Å². The predicted octanol–water partition coefficient (Wildman–Crippen LogP) is 6.11. The molecule has 0 unspecified atom stereocenters. The minimum Gasteiger partial charge on any atom is -0.481 e. The molecule has 0 aliphatic heterocycles. The molecule has 9 heteroatoms. The molecule has 2 aromatic heterocycles. The van der Waals surface area contributed by atoms with E-state index in [-0.39, 0.29) is 17.9 Å². The number of aryl methyl sites for hydroxylation is 1. The molecule has 0 radical (unpaired) electrons. The van der Waals surface area contributed by atoms with Crippen LogP contribution in [0.4, 0.5) is 0 Å². The number of benzene rings is 1. The normalized spacial score (nSPS) is 13.0. The van der Waals surface area contributed by atoms with Crippen LogP contribution < -0.4 is 10.9 Å². The molecule has 0 spiro atoms. The van der Waals surface area contributed by atoms with Crippen molar-refractivity contribution < 1.29 is 14.7 Å². The van der Waals surface area contributed by atoms with Gasteiger partial charge in [-0.25, -0.2) is 0 Å². The zero-order valence-corrected chi connectivity index (χ0v) is 21.4. The van der Waals surface area contributed by atoms with Gasteiger partial charge >= 0.3 is 5.97 Å². The highest BCUT2D eigenvalue weighted by atomic mass is 35.5. The first kappa shape index (κ1) is 26.0. The van der Waals surface area contributed by atoms with E-state index in [1.807, 2.05) is 20.8 Å². The molecule has 3 rings (SSSR count). The Bertz CT molecular complexity index is 1230. The van der Waals surface area contributed by atoms with Gasteiger partial charge in [-0.1, -0.05) is 43.1 Å². The second-order valence-corrected chi connectivity index (χ2v) is 10.3. The summed E-state index contributed by atoms with van der Waals surface area (Å²) in [6, 6.07) is 8.71. The van der Waals surface area contributed by atoms with Crippen molar-refractivity contribution in [2.45, 2.75) is 45.7 Å². The highest BCUT2D eigenvalue weighted by Crippen LogP contribution is 2.39. The summed E-state index contributed by atoms with van der Waals surface area (Å²) in [7, 11) is 0. The molecular formula is C25H26Cl2N2O4S. The average molecular weight is 521 g/mol. The van der Waals surface area contributed by atoms with Crippen LogP contribution in [0.5, 0.6) is 0 Å². The number of rotatable bonds is 9. The SMILES string of the molecule is Cc1ccn([C@@H](CC(C)C)C(=O)N[C@H](CC(=O)O)c2csc(-c3c(Cl)cccc3Cl)c2)c(=O)c1. The maximum atomic E-state index is 13.4. The van der Waals surface area contributed by atoms with E-state index in [9.17, 15) is 19.5 Å². The summed E-state index contributed by atoms with van der Waals surface area (Å²) >= 11 is 14.0. The molecule has 2 atom stereocenters. The van der Waals surface area contributed by atoms with Crippen LogP contribution in [0.25, 0.3) is 10.4 Å². The number of carbonyl (C=O) groups is 2. The lowest BCUT2D eigenvalue weighted by atomic mass is 10.0. The van der Waals surface area contributed by atoms with E-state index in [0.29, 0.717) is 27.6 Å². The van der Waals surface area contributed by atoms with Gasteiger partial charge in [0.25, 0.3) is 5.56 Å². The van der Waals surface area contributed by atoms with Crippen molar-refractivity contribution in [3.63, 3.8) is 0 Å². The molecule has 180 valence electrons. The first-order chi connectivity index (χ1) is 16.1. The second kappa shape index (κ2) is 11.2. The zero-order valence-electron chi connectivity index (χ0n) is 19.0. The van der Waals surface area contributed by atoms with E-state index in [4.69, 9.17) is 23.2 Å². The van der Waals surface area contributed by atoms with Gasteiger partial charge in [-0.05, 0) is 60.0 Å². The summed E-state index contributed by atoms with van der Waals surface area (Å²) in [5.74, 6) is -1.33. The topological polar surface area (TPSA) is 88.4 Å². The fourth-order valence-corrected chi connectivity index (χ4v) is 5.48. The highest BCUT2D eigenvalue weighted by molar-refractivity contribution is 7.13. The maximum absolute atomic E-state index is 13.4. The Labute approximate surface area is 212 Å². The van der Waals surface area contributed by atoms with Crippen molar-refractivity contribution >= 4 is 46.4 Å². The molecule has 6 nitrogen and oxygen atoms in total. The standard InChI is InChI=1S/C25H26Cl2N2O4S/c1-14(2)9-20(29-8-7-15(3)10-22(29)30)25(33)28-19(12-23(31)32)16-11-21(34-13-16)24-17(26)5-4-6-18(24)27/h4-8,10-11,13-14,19-20H,9,12H2,1-3H3,(H,28,33)(H,31,32)/t19-,20+/m1/s1. The Morgan fingerprint density at radius 2 is 1.82 bits per heavy atom. The monoisotopic (exact) mass is 520 g/mol. The van der Waals surface area contributed by atoms with Crippen molar-refractivity contribution in [3.8, 4) is 10.4 Å². The van der Waals surface area contributed by atoms with E-state index in [1.165, 1.54) is 22.0 Å². The lowest BCUT2D eigenvalue weighted by molar-refractivity contribution is -0.138. The minimum atomic E-state index is -1.05. The summed E-state index contributed by atoms with van der Waals surface area (Å²) in [4.78, 5) is 38.3. The van der Waals surface area contributed by atoms with Crippen LogP contribution in [-0.4, -0.2) is 21.6 Å². The molecule has 1 amide bonds. The Balaban J connectivity index is 1.94. The van der Waals surface area contributed by atoms with E-state index < -0.39 is 24.0 Å². The summed E-state index contributed by atoms with van der Waals surface area (Å²) in [6.07, 6.45) is 1.73. The number of carboxylic acid groups (broad SMARTS) is 1. The van der Waals surface area contributed by atoms with Gasteiger partial charge < -0.3 is 15.0 Å². The van der Waals surface area contributed by atoms with Crippen LogP contribution in [0.1, 0.15) is 49.9 Å². The molecule has 0 fully saturated rings. The number of pyridine rings is 1. The first-order valence-corrected chi connectivity index (χ1v) is 12.4.